The van der Waals surface area contributed by atoms with Crippen molar-refractivity contribution < 1.29 is 27.5 Å². The van der Waals surface area contributed by atoms with Crippen LogP contribution in [0.4, 0.5) is 18.3 Å². The summed E-state index contributed by atoms with van der Waals surface area (Å²) in [6, 6.07) is 3.60. The number of nitrogens with zero attached hydrogens (tertiary/aromatic N) is 2. The van der Waals surface area contributed by atoms with Crippen molar-refractivity contribution in [3.63, 3.8) is 0 Å². The third-order valence-electron chi connectivity index (χ3n) is 2.40. The Morgan fingerprint density at radius 3 is 2.38 bits per heavy atom. The maximum absolute atomic E-state index is 12.2. The van der Waals surface area contributed by atoms with Gasteiger partial charge < -0.3 is 4.74 Å². The molecule has 21 heavy (non-hydrogen) atoms. The second-order valence-electron chi connectivity index (χ2n) is 4.05. The van der Waals surface area contributed by atoms with E-state index in [4.69, 9.17) is 0 Å². The summed E-state index contributed by atoms with van der Waals surface area (Å²) < 4.78 is 40.6. The van der Waals surface area contributed by atoms with E-state index in [0.717, 1.165) is 28.4 Å². The van der Waals surface area contributed by atoms with Crippen molar-refractivity contribution in [3.8, 4) is 5.75 Å². The minimum absolute atomic E-state index is 0.106. The Balaban J connectivity index is 2.42. The second kappa shape index (κ2) is 5.32. The number of thiazole rings is 1. The van der Waals surface area contributed by atoms with Gasteiger partial charge in [-0.15, -0.1) is 13.2 Å². The van der Waals surface area contributed by atoms with Crippen LogP contribution >= 0.6 is 11.3 Å². The highest BCUT2D eigenvalue weighted by Crippen LogP contribution is 2.33. The number of carbonyl (C=O) groups is 2. The molecule has 0 saturated heterocycles. The van der Waals surface area contributed by atoms with Gasteiger partial charge in [-0.25, -0.2) is 9.88 Å². The minimum Gasteiger partial charge on any atom is -0.406 e. The smallest absolute Gasteiger partial charge is 0.406 e. The van der Waals surface area contributed by atoms with E-state index < -0.39 is 18.2 Å². The van der Waals surface area contributed by atoms with Gasteiger partial charge in [0.1, 0.15) is 5.75 Å². The van der Waals surface area contributed by atoms with Crippen LogP contribution in [0.15, 0.2) is 18.2 Å². The number of imide groups is 1. The first kappa shape index (κ1) is 15.2. The largest absolute Gasteiger partial charge is 0.573 e. The fourth-order valence-corrected chi connectivity index (χ4v) is 2.76. The molecule has 0 aliphatic rings. The summed E-state index contributed by atoms with van der Waals surface area (Å²) in [6.45, 7) is 2.40. The third-order valence-corrected chi connectivity index (χ3v) is 3.41. The molecule has 0 aliphatic heterocycles. The molecular weight excluding hydrogens is 309 g/mol. The highest BCUT2D eigenvalue weighted by Gasteiger charge is 2.31. The molecule has 5 nitrogen and oxygen atoms in total. The van der Waals surface area contributed by atoms with Crippen molar-refractivity contribution in [2.45, 2.75) is 20.2 Å². The standard InChI is InChI=1S/C12H9F3N2O3S/c1-6(18)17(7(2)19)11-16-9-4-3-8(5-10(9)21-11)20-12(13,14)15/h3-5H,1-2H3. The number of rotatable bonds is 2. The number of carbonyl (C=O) groups excluding carboxylic acids is 2. The van der Waals surface area contributed by atoms with Gasteiger partial charge in [0.2, 0.25) is 11.8 Å². The summed E-state index contributed by atoms with van der Waals surface area (Å²) in [5.41, 5.74) is 0.372. The molecule has 0 radical (unpaired) electrons. The van der Waals surface area contributed by atoms with Gasteiger partial charge in [0, 0.05) is 19.9 Å². The Morgan fingerprint density at radius 1 is 1.24 bits per heavy atom. The molecular formula is C12H9F3N2O3S. The van der Waals surface area contributed by atoms with Crippen LogP contribution in [0.5, 0.6) is 5.75 Å². The number of benzene rings is 1. The molecule has 0 bridgehead atoms. The average molecular weight is 318 g/mol. The lowest BCUT2D eigenvalue weighted by molar-refractivity contribution is -0.274. The van der Waals surface area contributed by atoms with E-state index in [9.17, 15) is 22.8 Å². The number of halogens is 3. The molecule has 0 saturated carbocycles. The van der Waals surface area contributed by atoms with Crippen LogP contribution in [0.3, 0.4) is 0 Å². The SMILES string of the molecule is CC(=O)N(C(C)=O)c1nc2ccc(OC(F)(F)F)cc2s1. The van der Waals surface area contributed by atoms with E-state index in [1.165, 1.54) is 19.9 Å². The quantitative estimate of drug-likeness (QED) is 0.854. The monoisotopic (exact) mass is 318 g/mol. The van der Waals surface area contributed by atoms with E-state index in [-0.39, 0.29) is 10.9 Å². The molecule has 2 rings (SSSR count). The Bertz CT molecular complexity index is 697. The van der Waals surface area contributed by atoms with Gasteiger partial charge in [0.25, 0.3) is 0 Å². The Morgan fingerprint density at radius 2 is 1.86 bits per heavy atom. The third kappa shape index (κ3) is 3.48. The lowest BCUT2D eigenvalue weighted by atomic mass is 10.3. The normalized spacial score (nSPS) is 11.5. The van der Waals surface area contributed by atoms with Gasteiger partial charge in [-0.1, -0.05) is 11.3 Å². The zero-order valence-corrected chi connectivity index (χ0v) is 11.7. The first-order valence-corrected chi connectivity index (χ1v) is 6.46. The minimum atomic E-state index is -4.79. The molecule has 0 fully saturated rings. The van der Waals surface area contributed by atoms with Crippen LogP contribution < -0.4 is 9.64 Å². The summed E-state index contributed by atoms with van der Waals surface area (Å²) in [7, 11) is 0. The van der Waals surface area contributed by atoms with Gasteiger partial charge in [-0.3, -0.25) is 9.59 Å². The molecule has 9 heteroatoms. The number of hydrogen-bond donors (Lipinski definition) is 0. The van der Waals surface area contributed by atoms with Crippen LogP contribution in [-0.4, -0.2) is 23.2 Å². The van der Waals surface area contributed by atoms with Gasteiger partial charge in [-0.2, -0.15) is 0 Å². The Hall–Kier alpha value is -2.16. The van der Waals surface area contributed by atoms with E-state index in [1.807, 2.05) is 0 Å². The first-order valence-electron chi connectivity index (χ1n) is 5.65. The number of aromatic nitrogens is 1. The molecule has 0 unspecified atom stereocenters. The first-order chi connectivity index (χ1) is 9.67. The van der Waals surface area contributed by atoms with Gasteiger partial charge in [0.05, 0.1) is 10.2 Å². The van der Waals surface area contributed by atoms with E-state index in [2.05, 4.69) is 9.72 Å². The molecule has 0 atom stereocenters. The number of fused-ring (bicyclic) bond motifs is 1. The molecule has 1 aromatic heterocycles. The van der Waals surface area contributed by atoms with Crippen molar-refractivity contribution >= 4 is 38.5 Å². The van der Waals surface area contributed by atoms with Gasteiger partial charge in [-0.05, 0) is 12.1 Å². The predicted molar refractivity (Wildman–Crippen MR) is 70.1 cm³/mol. The van der Waals surface area contributed by atoms with Crippen molar-refractivity contribution in [2.24, 2.45) is 0 Å². The molecule has 0 aliphatic carbocycles. The molecule has 2 aromatic rings. The van der Waals surface area contributed by atoms with E-state index >= 15 is 0 Å². The molecule has 2 amide bonds. The summed E-state index contributed by atoms with van der Waals surface area (Å²) in [5.74, 6) is -1.43. The maximum Gasteiger partial charge on any atom is 0.573 e. The Labute approximate surface area is 120 Å². The summed E-state index contributed by atoms with van der Waals surface area (Å²) in [6.07, 6.45) is -4.79. The fourth-order valence-electron chi connectivity index (χ4n) is 1.68. The molecule has 0 spiro atoms. The van der Waals surface area contributed by atoms with Crippen LogP contribution in [0, 0.1) is 0 Å². The van der Waals surface area contributed by atoms with Crippen molar-refractivity contribution in [1.29, 1.82) is 0 Å². The highest BCUT2D eigenvalue weighted by atomic mass is 32.1. The van der Waals surface area contributed by atoms with E-state index in [0.29, 0.717) is 10.2 Å². The van der Waals surface area contributed by atoms with Gasteiger partial charge >= 0.3 is 6.36 Å². The summed E-state index contributed by atoms with van der Waals surface area (Å²) in [5, 5.41) is 0.106. The molecule has 112 valence electrons. The van der Waals surface area contributed by atoms with Gasteiger partial charge in [0.15, 0.2) is 5.13 Å². The number of amides is 2. The van der Waals surface area contributed by atoms with E-state index in [1.54, 1.807) is 0 Å². The molecule has 0 N–H and O–H groups in total. The predicted octanol–water partition coefficient (Wildman–Crippen LogP) is 3.09. The number of anilines is 1. The molecule has 1 aromatic carbocycles. The maximum atomic E-state index is 12.2. The summed E-state index contributed by atoms with van der Waals surface area (Å²) >= 11 is 0.928. The van der Waals surface area contributed by atoms with Crippen LogP contribution in [-0.2, 0) is 9.59 Å². The van der Waals surface area contributed by atoms with Crippen LogP contribution in [0.2, 0.25) is 0 Å². The highest BCUT2D eigenvalue weighted by molar-refractivity contribution is 7.22. The van der Waals surface area contributed by atoms with Crippen molar-refractivity contribution in [1.82, 2.24) is 4.98 Å². The average Bonchev–Trinajstić information content (AvgIpc) is 2.67. The summed E-state index contributed by atoms with van der Waals surface area (Å²) in [4.78, 5) is 27.7. The second-order valence-corrected chi connectivity index (χ2v) is 5.06. The topological polar surface area (TPSA) is 59.5 Å². The zero-order valence-electron chi connectivity index (χ0n) is 10.9. The van der Waals surface area contributed by atoms with Crippen molar-refractivity contribution in [3.05, 3.63) is 18.2 Å². The fraction of sp³-hybridized carbons (Fsp3) is 0.250. The zero-order chi connectivity index (χ0) is 15.8. The Kier molecular flexibility index (Phi) is 3.86. The lowest BCUT2D eigenvalue weighted by Crippen LogP contribution is -2.32. The molecule has 1 heterocycles. The number of ether oxygens (including phenoxy) is 1. The lowest BCUT2D eigenvalue weighted by Gasteiger charge is -2.12. The van der Waals surface area contributed by atoms with Crippen LogP contribution in [0.25, 0.3) is 10.2 Å². The van der Waals surface area contributed by atoms with Crippen LogP contribution in [0.1, 0.15) is 13.8 Å². The number of hydrogen-bond acceptors (Lipinski definition) is 5. The number of alkyl halides is 3. The van der Waals surface area contributed by atoms with Crippen molar-refractivity contribution in [2.75, 3.05) is 4.90 Å².